The molecule has 5 aromatic carbocycles. The van der Waals surface area contributed by atoms with Crippen LogP contribution in [0, 0.1) is 6.92 Å². The van der Waals surface area contributed by atoms with Gasteiger partial charge in [-0.2, -0.15) is 21.9 Å². The summed E-state index contributed by atoms with van der Waals surface area (Å²) in [6.45, 7) is 16.4. The summed E-state index contributed by atoms with van der Waals surface area (Å²) in [4.78, 5) is 0. The monoisotopic (exact) mass is 556 g/mol. The van der Waals surface area contributed by atoms with Gasteiger partial charge >= 0.3 is 0 Å². The van der Waals surface area contributed by atoms with Gasteiger partial charge in [0.25, 0.3) is 0 Å². The molecular weight excluding hydrogens is 510 g/mol. The topological polar surface area (TPSA) is 0 Å². The second-order valence-electron chi connectivity index (χ2n) is 13.2. The van der Waals surface area contributed by atoms with E-state index in [1.54, 1.807) is 5.30 Å². The summed E-state index contributed by atoms with van der Waals surface area (Å²) in [5.74, 6) is 0. The molecule has 0 aliphatic rings. The zero-order chi connectivity index (χ0) is 29.5. The molecule has 0 saturated heterocycles. The molecule has 210 valence electrons. The zero-order valence-electron chi connectivity index (χ0n) is 25.9. The lowest BCUT2D eigenvalue weighted by molar-refractivity contribution is 0.715. The minimum absolute atomic E-state index is 0.401. The molecule has 41 heavy (non-hydrogen) atoms. The van der Waals surface area contributed by atoms with Crippen molar-refractivity contribution in [3.63, 3.8) is 0 Å². The molecule has 0 saturated carbocycles. The fourth-order valence-corrected chi connectivity index (χ4v) is 11.3. The zero-order valence-corrected chi connectivity index (χ0v) is 26.9. The first-order valence-corrected chi connectivity index (χ1v) is 16.4. The number of hydrogen-bond donors (Lipinski definition) is 0. The molecule has 5 rings (SSSR count). The molecule has 0 aliphatic heterocycles. The van der Waals surface area contributed by atoms with Crippen molar-refractivity contribution in [2.24, 2.45) is 0 Å². The molecular formula is C39H46BP. The summed E-state index contributed by atoms with van der Waals surface area (Å²) in [5, 5.41) is 2.37. The second kappa shape index (κ2) is 13.1. The lowest BCUT2D eigenvalue weighted by Crippen LogP contribution is -2.74. The maximum atomic E-state index is 2.38. The van der Waals surface area contributed by atoms with Crippen molar-refractivity contribution >= 4 is 41.2 Å². The van der Waals surface area contributed by atoms with Crippen LogP contribution in [0.1, 0.15) is 47.1 Å². The average molecular weight is 557 g/mol. The molecule has 0 atom stereocenters. The Balaban J connectivity index is 0.000000210. The largest absolute Gasteiger partial charge is 0.195 e. The molecule has 0 N–H and O–H groups in total. The van der Waals surface area contributed by atoms with Crippen molar-refractivity contribution in [3.8, 4) is 0 Å². The molecule has 0 radical (unpaired) electrons. The smallest absolute Gasteiger partial charge is 0.108 e. The van der Waals surface area contributed by atoms with Crippen molar-refractivity contribution in [2.45, 2.75) is 58.8 Å². The summed E-state index contributed by atoms with van der Waals surface area (Å²) in [6.07, 6.45) is -1.22. The number of hydrogen-bond acceptors (Lipinski definition) is 0. The Morgan fingerprint density at radius 1 is 0.390 bits per heavy atom. The van der Waals surface area contributed by atoms with Gasteiger partial charge in [0.05, 0.1) is 15.6 Å². The third-order valence-electron chi connectivity index (χ3n) is 8.04. The van der Waals surface area contributed by atoms with Crippen LogP contribution in [0.15, 0.2) is 146 Å². The van der Waals surface area contributed by atoms with E-state index in [1.807, 2.05) is 0 Å². The Labute approximate surface area is 250 Å². The van der Waals surface area contributed by atoms with E-state index in [0.29, 0.717) is 10.3 Å². The first kappa shape index (κ1) is 30.6. The van der Waals surface area contributed by atoms with E-state index < -0.39 is 14.1 Å². The molecule has 5 aromatic rings. The Bertz CT molecular complexity index is 1290. The molecule has 0 unspecified atom stereocenters. The number of benzene rings is 5. The molecule has 0 fully saturated rings. The van der Waals surface area contributed by atoms with Crippen molar-refractivity contribution in [1.82, 2.24) is 0 Å². The first-order chi connectivity index (χ1) is 19.5. The second-order valence-corrected chi connectivity index (χ2v) is 17.6. The van der Waals surface area contributed by atoms with Gasteiger partial charge in [0.1, 0.15) is 6.15 Å². The normalized spacial score (nSPS) is 12.0. The minimum atomic E-state index is -1.22. The van der Waals surface area contributed by atoms with Gasteiger partial charge in [0.2, 0.25) is 0 Å². The molecule has 0 aromatic heterocycles. The summed E-state index contributed by atoms with van der Waals surface area (Å²) >= 11 is 0. The highest BCUT2D eigenvalue weighted by Gasteiger charge is 2.43. The van der Waals surface area contributed by atoms with Gasteiger partial charge in [0, 0.05) is 7.92 Å². The maximum absolute atomic E-state index is 2.38. The van der Waals surface area contributed by atoms with Crippen molar-refractivity contribution < 1.29 is 0 Å². The lowest BCUT2D eigenvalue weighted by Gasteiger charge is -2.44. The molecule has 0 amide bonds. The van der Waals surface area contributed by atoms with Crippen LogP contribution in [0.25, 0.3) is 0 Å². The van der Waals surface area contributed by atoms with Gasteiger partial charge in [0.15, 0.2) is 0 Å². The van der Waals surface area contributed by atoms with Gasteiger partial charge < -0.3 is 0 Å². The number of rotatable bonds is 5. The minimum Gasteiger partial charge on any atom is -0.195 e. The van der Waals surface area contributed by atoms with E-state index in [4.69, 9.17) is 0 Å². The molecule has 0 nitrogen and oxygen atoms in total. The summed E-state index contributed by atoms with van der Waals surface area (Å²) in [5.41, 5.74) is 6.71. The molecule has 0 bridgehead atoms. The first-order valence-electron chi connectivity index (χ1n) is 14.9. The number of aryl methyl sites for hydroxylation is 1. The van der Waals surface area contributed by atoms with Crippen LogP contribution in [-0.2, 0) is 0 Å². The van der Waals surface area contributed by atoms with Crippen molar-refractivity contribution in [3.05, 3.63) is 151 Å². The Kier molecular flexibility index (Phi) is 9.73. The van der Waals surface area contributed by atoms with Gasteiger partial charge in [-0.05, 0) is 60.6 Å². The summed E-state index contributed by atoms with van der Waals surface area (Å²) < 4.78 is 0. The molecule has 0 aliphatic carbocycles. The van der Waals surface area contributed by atoms with Crippen LogP contribution in [0.2, 0.25) is 0 Å². The maximum Gasteiger partial charge on any atom is 0.108 e. The van der Waals surface area contributed by atoms with E-state index in [9.17, 15) is 0 Å². The van der Waals surface area contributed by atoms with Crippen LogP contribution >= 0.6 is 7.92 Å². The highest BCUT2D eigenvalue weighted by Crippen LogP contribution is 2.58. The Hall–Kier alpha value is -3.41. The van der Waals surface area contributed by atoms with Crippen LogP contribution in [0.3, 0.4) is 0 Å². The fourth-order valence-electron chi connectivity index (χ4n) is 6.83. The van der Waals surface area contributed by atoms with Gasteiger partial charge in [-0.15, -0.1) is 0 Å². The van der Waals surface area contributed by atoms with E-state index in [1.165, 1.54) is 27.4 Å². The predicted molar refractivity (Wildman–Crippen MR) is 189 cm³/mol. The lowest BCUT2D eigenvalue weighted by atomic mass is 9.13. The average Bonchev–Trinajstić information content (AvgIpc) is 2.96. The molecule has 0 spiro atoms. The SMILES string of the molecule is Cc1ccc([PH+](C(C)(C)C)C(C)(C)C)cc1.c1ccc([B-](c2ccccc2)(c2ccccc2)c2ccccc2)cc1. The molecule has 0 heterocycles. The van der Waals surface area contributed by atoms with E-state index in [0.717, 1.165) is 0 Å². The van der Waals surface area contributed by atoms with Crippen LogP contribution < -0.4 is 27.2 Å². The van der Waals surface area contributed by atoms with Crippen LogP contribution in [0.5, 0.6) is 0 Å². The van der Waals surface area contributed by atoms with Crippen LogP contribution in [0.4, 0.5) is 0 Å². The quantitative estimate of drug-likeness (QED) is 0.155. The van der Waals surface area contributed by atoms with Crippen LogP contribution in [-0.4, -0.2) is 16.5 Å². The third kappa shape index (κ3) is 7.09. The highest BCUT2D eigenvalue weighted by molar-refractivity contribution is 7.68. The van der Waals surface area contributed by atoms with E-state index in [-0.39, 0.29) is 0 Å². The summed E-state index contributed by atoms with van der Waals surface area (Å²) in [6, 6.07) is 52.7. The van der Waals surface area contributed by atoms with E-state index in [2.05, 4.69) is 194 Å². The Morgan fingerprint density at radius 2 is 0.659 bits per heavy atom. The van der Waals surface area contributed by atoms with Gasteiger partial charge in [-0.1, -0.05) is 139 Å². The highest BCUT2D eigenvalue weighted by atomic mass is 31.1. The Morgan fingerprint density at radius 3 is 0.902 bits per heavy atom. The van der Waals surface area contributed by atoms with E-state index >= 15 is 0 Å². The van der Waals surface area contributed by atoms with Gasteiger partial charge in [-0.25, -0.2) is 0 Å². The predicted octanol–water partition coefficient (Wildman–Crippen LogP) is 7.50. The molecule has 2 heteroatoms. The van der Waals surface area contributed by atoms with Crippen molar-refractivity contribution in [2.75, 3.05) is 0 Å². The fraction of sp³-hybridized carbons (Fsp3) is 0.231. The standard InChI is InChI=1S/C24H20B.C15H25P/c1-5-13-21(14-6-1)25(22-15-7-2-8-16-22,23-17-9-3-10-18-23)24-19-11-4-12-20-24;1-12-8-10-13(11-9-12)16(14(2,3)4)15(5,6)7/h1-20H;8-11H,1-7H3/q-1;/p+1. The summed E-state index contributed by atoms with van der Waals surface area (Å²) in [7, 11) is -0.570. The van der Waals surface area contributed by atoms with Crippen molar-refractivity contribution in [1.29, 1.82) is 0 Å². The van der Waals surface area contributed by atoms with Gasteiger partial charge in [-0.3, -0.25) is 0 Å². The third-order valence-corrected chi connectivity index (χ3v) is 11.9.